The summed E-state index contributed by atoms with van der Waals surface area (Å²) in [5.41, 5.74) is 1.44. The summed E-state index contributed by atoms with van der Waals surface area (Å²) in [6.45, 7) is 5.17. The molecular formula is C23H24FN5O4S. The van der Waals surface area contributed by atoms with Gasteiger partial charge in [-0.1, -0.05) is 23.4 Å². The van der Waals surface area contributed by atoms with Gasteiger partial charge in [-0.15, -0.1) is 5.10 Å². The lowest BCUT2D eigenvalue weighted by Gasteiger charge is -2.16. The first-order valence-electron chi connectivity index (χ1n) is 10.6. The molecule has 0 aliphatic carbocycles. The number of nitrogens with one attached hydrogen (secondary N) is 2. The monoisotopic (exact) mass is 485 g/mol. The molecular weight excluding hydrogens is 461 g/mol. The molecule has 0 amide bonds. The molecule has 4 rings (SSSR count). The van der Waals surface area contributed by atoms with Crippen LogP contribution in [0.3, 0.4) is 0 Å². The van der Waals surface area contributed by atoms with Gasteiger partial charge in [0.25, 0.3) is 0 Å². The fourth-order valence-corrected chi connectivity index (χ4v) is 3.76. The van der Waals surface area contributed by atoms with Crippen LogP contribution in [-0.2, 0) is 10.0 Å². The molecule has 2 aromatic carbocycles. The average molecular weight is 486 g/mol. The maximum Gasteiger partial charge on any atom is 0.233 e. The van der Waals surface area contributed by atoms with Crippen LogP contribution >= 0.6 is 0 Å². The van der Waals surface area contributed by atoms with Gasteiger partial charge < -0.3 is 14.6 Å². The summed E-state index contributed by atoms with van der Waals surface area (Å²) in [7, 11) is -3.52. The molecule has 2 N–H and O–H groups in total. The quantitative estimate of drug-likeness (QED) is 0.345. The summed E-state index contributed by atoms with van der Waals surface area (Å²) in [4.78, 5) is 0. The van der Waals surface area contributed by atoms with Crippen LogP contribution in [-0.4, -0.2) is 29.1 Å². The molecule has 2 heterocycles. The van der Waals surface area contributed by atoms with Gasteiger partial charge >= 0.3 is 0 Å². The van der Waals surface area contributed by atoms with E-state index in [1.54, 1.807) is 62.4 Å². The maximum atomic E-state index is 13.2. The van der Waals surface area contributed by atoms with Crippen molar-refractivity contribution in [2.75, 3.05) is 15.8 Å². The molecule has 0 saturated carbocycles. The lowest BCUT2D eigenvalue weighted by Crippen LogP contribution is -2.15. The normalized spacial score (nSPS) is 12.4. The van der Waals surface area contributed by atoms with Crippen molar-refractivity contribution in [1.29, 1.82) is 0 Å². The first-order valence-corrected chi connectivity index (χ1v) is 12.2. The summed E-state index contributed by atoms with van der Waals surface area (Å²) >= 11 is 0. The van der Waals surface area contributed by atoms with Gasteiger partial charge in [-0.25, -0.2) is 17.5 Å². The molecule has 2 aromatic heterocycles. The molecule has 1 atom stereocenters. The van der Waals surface area contributed by atoms with Crippen LogP contribution in [0.1, 0.15) is 31.3 Å². The van der Waals surface area contributed by atoms with E-state index in [0.29, 0.717) is 28.8 Å². The highest BCUT2D eigenvalue weighted by Crippen LogP contribution is 2.28. The van der Waals surface area contributed by atoms with Crippen LogP contribution in [0, 0.1) is 12.7 Å². The summed E-state index contributed by atoms with van der Waals surface area (Å²) in [6.07, 6.45) is -0.323. The van der Waals surface area contributed by atoms with Crippen molar-refractivity contribution >= 4 is 27.5 Å². The minimum Gasteiger partial charge on any atom is -0.486 e. The lowest BCUT2D eigenvalue weighted by atomic mass is 10.1. The zero-order chi connectivity index (χ0) is 24.3. The number of sulfonamides is 1. The summed E-state index contributed by atoms with van der Waals surface area (Å²) in [5, 5.41) is 11.4. The summed E-state index contributed by atoms with van der Waals surface area (Å²) < 4.78 is 52.5. The van der Waals surface area contributed by atoms with Crippen molar-refractivity contribution in [2.24, 2.45) is 0 Å². The molecule has 34 heavy (non-hydrogen) atoms. The zero-order valence-electron chi connectivity index (χ0n) is 18.8. The van der Waals surface area contributed by atoms with Gasteiger partial charge in [-0.3, -0.25) is 4.72 Å². The Labute approximate surface area is 196 Å². The molecule has 0 saturated heterocycles. The van der Waals surface area contributed by atoms with Gasteiger partial charge in [0.05, 0.1) is 11.4 Å². The zero-order valence-corrected chi connectivity index (χ0v) is 19.6. The number of hydrogen-bond donors (Lipinski definition) is 2. The number of rotatable bonds is 9. The molecule has 9 nitrogen and oxygen atoms in total. The lowest BCUT2D eigenvalue weighted by molar-refractivity contribution is 0.227. The molecule has 0 spiro atoms. The van der Waals surface area contributed by atoms with Crippen molar-refractivity contribution in [1.82, 2.24) is 14.9 Å². The van der Waals surface area contributed by atoms with Gasteiger partial charge in [0, 0.05) is 18.2 Å². The van der Waals surface area contributed by atoms with Crippen LogP contribution in [0.5, 0.6) is 5.75 Å². The SMILES string of the molecule is CCS(=O)(=O)Nc1cc(Nc2cc(C)on2)n(-c2cccc(OC(C)c3ccc(F)cc3)c2)n1. The van der Waals surface area contributed by atoms with E-state index < -0.39 is 10.0 Å². The van der Waals surface area contributed by atoms with E-state index in [9.17, 15) is 12.8 Å². The van der Waals surface area contributed by atoms with Crippen molar-refractivity contribution in [3.8, 4) is 11.4 Å². The van der Waals surface area contributed by atoms with Crippen molar-refractivity contribution in [3.63, 3.8) is 0 Å². The minimum absolute atomic E-state index is 0.0876. The second kappa shape index (κ2) is 9.56. The second-order valence-corrected chi connectivity index (χ2v) is 9.60. The largest absolute Gasteiger partial charge is 0.486 e. The smallest absolute Gasteiger partial charge is 0.233 e. The van der Waals surface area contributed by atoms with Crippen molar-refractivity contribution in [3.05, 3.63) is 77.8 Å². The van der Waals surface area contributed by atoms with Gasteiger partial charge in [0.2, 0.25) is 10.0 Å². The van der Waals surface area contributed by atoms with Gasteiger partial charge in [0.1, 0.15) is 29.2 Å². The third-order valence-corrected chi connectivity index (χ3v) is 6.23. The van der Waals surface area contributed by atoms with Crippen LogP contribution < -0.4 is 14.8 Å². The predicted octanol–water partition coefficient (Wildman–Crippen LogP) is 4.95. The summed E-state index contributed by atoms with van der Waals surface area (Å²) in [5.74, 6) is 1.83. The molecule has 0 aliphatic heterocycles. The summed E-state index contributed by atoms with van der Waals surface area (Å²) in [6, 6.07) is 16.5. The highest BCUT2D eigenvalue weighted by molar-refractivity contribution is 7.92. The number of hydrogen-bond acceptors (Lipinski definition) is 7. The standard InChI is InChI=1S/C23H24FN5O4S/c1-4-34(30,31)28-22-14-23(25-21-12-15(2)33-27-21)29(26-22)19-6-5-7-20(13-19)32-16(3)17-8-10-18(24)11-9-17/h5-14,16H,4H2,1-3H3,(H,25,27)(H,26,28). The number of halogens is 1. The van der Waals surface area contributed by atoms with Crippen molar-refractivity contribution < 1.29 is 22.1 Å². The number of aryl methyl sites for hydroxylation is 1. The molecule has 4 aromatic rings. The predicted molar refractivity (Wildman–Crippen MR) is 127 cm³/mol. The first-order chi connectivity index (χ1) is 16.2. The number of nitrogens with zero attached hydrogens (tertiary/aromatic N) is 3. The first kappa shape index (κ1) is 23.3. The van der Waals surface area contributed by atoms with Gasteiger partial charge in [0.15, 0.2) is 11.6 Å². The Morgan fingerprint density at radius 1 is 1.12 bits per heavy atom. The van der Waals surface area contributed by atoms with Gasteiger partial charge in [-0.05, 0) is 50.6 Å². The molecule has 0 bridgehead atoms. The maximum absolute atomic E-state index is 13.2. The molecule has 1 unspecified atom stereocenters. The number of anilines is 3. The van der Waals surface area contributed by atoms with E-state index in [1.165, 1.54) is 16.8 Å². The second-order valence-electron chi connectivity index (χ2n) is 7.59. The highest BCUT2D eigenvalue weighted by atomic mass is 32.2. The Morgan fingerprint density at radius 2 is 1.88 bits per heavy atom. The Kier molecular flexibility index (Phi) is 6.55. The third kappa shape index (κ3) is 5.54. The Hall–Kier alpha value is -3.86. The van der Waals surface area contributed by atoms with E-state index in [2.05, 4.69) is 20.3 Å². The molecule has 178 valence electrons. The van der Waals surface area contributed by atoms with Crippen LogP contribution in [0.25, 0.3) is 5.69 Å². The molecule has 0 radical (unpaired) electrons. The van der Waals surface area contributed by atoms with Crippen LogP contribution in [0.2, 0.25) is 0 Å². The molecule has 0 fully saturated rings. The van der Waals surface area contributed by atoms with Crippen LogP contribution in [0.4, 0.5) is 21.8 Å². The van der Waals surface area contributed by atoms with Gasteiger partial charge in [-0.2, -0.15) is 0 Å². The molecule has 0 aliphatic rings. The highest BCUT2D eigenvalue weighted by Gasteiger charge is 2.16. The van der Waals surface area contributed by atoms with E-state index in [4.69, 9.17) is 9.26 Å². The number of ether oxygens (including phenoxy) is 1. The van der Waals surface area contributed by atoms with E-state index >= 15 is 0 Å². The van der Waals surface area contributed by atoms with E-state index in [-0.39, 0.29) is 23.5 Å². The topological polar surface area (TPSA) is 111 Å². The Morgan fingerprint density at radius 3 is 2.56 bits per heavy atom. The average Bonchev–Trinajstić information content (AvgIpc) is 3.39. The van der Waals surface area contributed by atoms with Crippen molar-refractivity contribution in [2.45, 2.75) is 26.9 Å². The Balaban J connectivity index is 1.65. The number of aromatic nitrogens is 3. The van der Waals surface area contributed by atoms with Crippen LogP contribution in [0.15, 0.2) is 65.2 Å². The Bertz CT molecular complexity index is 1380. The fraction of sp³-hybridized carbons (Fsp3) is 0.217. The third-order valence-electron chi connectivity index (χ3n) is 4.95. The fourth-order valence-electron chi connectivity index (χ4n) is 3.20. The number of benzene rings is 2. The molecule has 11 heteroatoms. The minimum atomic E-state index is -3.52. The van der Waals surface area contributed by atoms with E-state index in [1.807, 2.05) is 6.92 Å². The van der Waals surface area contributed by atoms with E-state index in [0.717, 1.165) is 5.56 Å².